The van der Waals surface area contributed by atoms with Crippen LogP contribution >= 0.6 is 15.9 Å². The summed E-state index contributed by atoms with van der Waals surface area (Å²) >= 11 is 3.22. The minimum absolute atomic E-state index is 0.0225. The fraction of sp³-hybridized carbons (Fsp3) is 0.417. The van der Waals surface area contributed by atoms with Crippen LogP contribution in [0.1, 0.15) is 25.7 Å². The first-order valence-corrected chi connectivity index (χ1v) is 8.49. The highest BCUT2D eigenvalue weighted by atomic mass is 79.9. The van der Waals surface area contributed by atoms with Crippen LogP contribution < -0.4 is 16.2 Å². The number of nitrogens with one attached hydrogen (secondary N) is 1. The van der Waals surface area contributed by atoms with Gasteiger partial charge < -0.3 is 11.1 Å². The first kappa shape index (κ1) is 15.4. The van der Waals surface area contributed by atoms with Crippen molar-refractivity contribution in [2.24, 2.45) is 10.9 Å². The molecule has 6 nitrogen and oxygen atoms in total. The summed E-state index contributed by atoms with van der Waals surface area (Å²) in [4.78, 5) is 12.1. The first-order chi connectivity index (χ1) is 9.22. The highest BCUT2D eigenvalue weighted by Gasteiger charge is 2.37. The molecule has 0 heterocycles. The highest BCUT2D eigenvalue weighted by Crippen LogP contribution is 2.30. The Morgan fingerprint density at radius 2 is 1.90 bits per heavy atom. The van der Waals surface area contributed by atoms with E-state index in [-0.39, 0.29) is 10.8 Å². The molecule has 0 radical (unpaired) electrons. The topological polar surface area (TPSA) is 115 Å². The molecule has 0 saturated heterocycles. The monoisotopic (exact) mass is 361 g/mol. The number of carbonyl (C=O) groups excluding carboxylic acids is 1. The molecule has 1 aliphatic rings. The molecule has 1 aromatic rings. The third-order valence-electron chi connectivity index (χ3n) is 3.47. The second-order valence-electron chi connectivity index (χ2n) is 5.00. The predicted octanol–water partition coefficient (Wildman–Crippen LogP) is 1.31. The molecular weight excluding hydrogens is 346 g/mol. The number of hydrogen-bond donors (Lipinski definition) is 3. The molecule has 1 aliphatic carbocycles. The lowest BCUT2D eigenvalue weighted by Crippen LogP contribution is -2.48. The minimum atomic E-state index is -3.77. The molecule has 20 heavy (non-hydrogen) atoms. The zero-order valence-corrected chi connectivity index (χ0v) is 13.1. The standard InChI is InChI=1S/C12H16BrN3O3S/c13-9-7-8(20(15,18)19)3-4-10(9)16-11(17)12(14)5-1-2-6-12/h3-4,7H,1-2,5-6,14H2,(H,16,17)(H2,15,18,19). The van der Waals surface area contributed by atoms with Gasteiger partial charge in [-0.1, -0.05) is 12.8 Å². The zero-order chi connectivity index (χ0) is 15.0. The van der Waals surface area contributed by atoms with Gasteiger partial charge in [-0.3, -0.25) is 4.79 Å². The zero-order valence-electron chi connectivity index (χ0n) is 10.7. The number of primary sulfonamides is 1. The molecule has 0 aliphatic heterocycles. The Hall–Kier alpha value is -0.960. The predicted molar refractivity (Wildman–Crippen MR) is 79.5 cm³/mol. The van der Waals surface area contributed by atoms with E-state index in [9.17, 15) is 13.2 Å². The Labute approximate surface area is 126 Å². The number of sulfonamides is 1. The van der Waals surface area contributed by atoms with Gasteiger partial charge in [-0.05, 0) is 47.0 Å². The van der Waals surface area contributed by atoms with Gasteiger partial charge in [0.15, 0.2) is 0 Å². The molecule has 110 valence electrons. The van der Waals surface area contributed by atoms with Gasteiger partial charge in [0.25, 0.3) is 0 Å². The lowest BCUT2D eigenvalue weighted by atomic mass is 9.98. The van der Waals surface area contributed by atoms with Gasteiger partial charge in [-0.2, -0.15) is 0 Å². The minimum Gasteiger partial charge on any atom is -0.323 e. The van der Waals surface area contributed by atoms with Gasteiger partial charge >= 0.3 is 0 Å². The van der Waals surface area contributed by atoms with Gasteiger partial charge in [-0.25, -0.2) is 13.6 Å². The Morgan fingerprint density at radius 3 is 2.40 bits per heavy atom. The number of halogens is 1. The Bertz CT molecular complexity index is 639. The summed E-state index contributed by atoms with van der Waals surface area (Å²) < 4.78 is 22.9. The number of rotatable bonds is 3. The van der Waals surface area contributed by atoms with E-state index in [2.05, 4.69) is 21.2 Å². The summed E-state index contributed by atoms with van der Waals surface area (Å²) in [7, 11) is -3.77. The summed E-state index contributed by atoms with van der Waals surface area (Å²) in [6.07, 6.45) is 3.20. The molecule has 0 bridgehead atoms. The van der Waals surface area contributed by atoms with Crippen molar-refractivity contribution in [3.05, 3.63) is 22.7 Å². The molecule has 0 aromatic heterocycles. The van der Waals surface area contributed by atoms with Crippen LogP contribution in [0.15, 0.2) is 27.6 Å². The summed E-state index contributed by atoms with van der Waals surface area (Å²) in [5.74, 6) is -0.251. The lowest BCUT2D eigenvalue weighted by molar-refractivity contribution is -0.121. The van der Waals surface area contributed by atoms with E-state index in [1.54, 1.807) is 0 Å². The van der Waals surface area contributed by atoms with Crippen molar-refractivity contribution in [2.45, 2.75) is 36.1 Å². The van der Waals surface area contributed by atoms with Gasteiger partial charge in [0.1, 0.15) is 0 Å². The van der Waals surface area contributed by atoms with Crippen molar-refractivity contribution in [1.29, 1.82) is 0 Å². The largest absolute Gasteiger partial charge is 0.323 e. The van der Waals surface area contributed by atoms with Gasteiger partial charge in [0.2, 0.25) is 15.9 Å². The van der Waals surface area contributed by atoms with Crippen LogP contribution in [-0.2, 0) is 14.8 Å². The van der Waals surface area contributed by atoms with Gasteiger partial charge in [-0.15, -0.1) is 0 Å². The van der Waals surface area contributed by atoms with E-state index < -0.39 is 15.6 Å². The van der Waals surface area contributed by atoms with Gasteiger partial charge in [0, 0.05) is 4.47 Å². The maximum absolute atomic E-state index is 12.2. The maximum atomic E-state index is 12.2. The summed E-state index contributed by atoms with van der Waals surface area (Å²) in [5.41, 5.74) is 5.69. The third-order valence-corrected chi connectivity index (χ3v) is 5.03. The van der Waals surface area contributed by atoms with Crippen molar-refractivity contribution in [3.63, 3.8) is 0 Å². The van der Waals surface area contributed by atoms with E-state index >= 15 is 0 Å². The summed E-state index contributed by atoms with van der Waals surface area (Å²) in [5, 5.41) is 7.77. The van der Waals surface area contributed by atoms with Crippen LogP contribution in [0.25, 0.3) is 0 Å². The molecule has 0 spiro atoms. The van der Waals surface area contributed by atoms with Crippen molar-refractivity contribution in [2.75, 3.05) is 5.32 Å². The quantitative estimate of drug-likeness (QED) is 0.752. The number of nitrogens with two attached hydrogens (primary N) is 2. The molecule has 0 unspecified atom stereocenters. The van der Waals surface area contributed by atoms with Crippen molar-refractivity contribution < 1.29 is 13.2 Å². The summed E-state index contributed by atoms with van der Waals surface area (Å²) in [6, 6.07) is 4.18. The highest BCUT2D eigenvalue weighted by molar-refractivity contribution is 9.10. The first-order valence-electron chi connectivity index (χ1n) is 6.15. The fourth-order valence-corrected chi connectivity index (χ4v) is 3.42. The molecule has 8 heteroatoms. The molecule has 5 N–H and O–H groups in total. The van der Waals surface area contributed by atoms with Crippen LogP contribution in [0.2, 0.25) is 0 Å². The molecule has 0 atom stereocenters. The van der Waals surface area contributed by atoms with Crippen molar-refractivity contribution >= 4 is 37.5 Å². The number of carbonyl (C=O) groups is 1. The van der Waals surface area contributed by atoms with Crippen molar-refractivity contribution in [3.8, 4) is 0 Å². The second-order valence-corrected chi connectivity index (χ2v) is 7.42. The molecule has 1 saturated carbocycles. The Balaban J connectivity index is 2.20. The third kappa shape index (κ3) is 3.20. The van der Waals surface area contributed by atoms with E-state index in [1.165, 1.54) is 18.2 Å². The average molecular weight is 362 g/mol. The normalized spacial score (nSPS) is 17.9. The van der Waals surface area contributed by atoms with E-state index in [4.69, 9.17) is 10.9 Å². The van der Waals surface area contributed by atoms with Crippen LogP contribution in [0.3, 0.4) is 0 Å². The smallest absolute Gasteiger partial charge is 0.244 e. The number of amides is 1. The van der Waals surface area contributed by atoms with Gasteiger partial charge in [0.05, 0.1) is 16.1 Å². The van der Waals surface area contributed by atoms with E-state index in [0.29, 0.717) is 23.0 Å². The molecule has 1 amide bonds. The maximum Gasteiger partial charge on any atom is 0.244 e. The number of hydrogen-bond acceptors (Lipinski definition) is 4. The van der Waals surface area contributed by atoms with E-state index in [1.807, 2.05) is 0 Å². The van der Waals surface area contributed by atoms with E-state index in [0.717, 1.165) is 12.8 Å². The second kappa shape index (κ2) is 5.44. The lowest BCUT2D eigenvalue weighted by Gasteiger charge is -2.22. The Kier molecular flexibility index (Phi) is 4.19. The van der Waals surface area contributed by atoms with Crippen LogP contribution in [0, 0.1) is 0 Å². The SMILES string of the molecule is NC1(C(=O)Nc2ccc(S(N)(=O)=O)cc2Br)CCCC1. The van der Waals surface area contributed by atoms with Crippen molar-refractivity contribution in [1.82, 2.24) is 0 Å². The average Bonchev–Trinajstić information content (AvgIpc) is 2.78. The number of anilines is 1. The van der Waals surface area contributed by atoms with Crippen LogP contribution in [0.5, 0.6) is 0 Å². The molecular formula is C12H16BrN3O3S. The Morgan fingerprint density at radius 1 is 1.30 bits per heavy atom. The van der Waals surface area contributed by atoms with Crippen LogP contribution in [0.4, 0.5) is 5.69 Å². The molecule has 1 fully saturated rings. The fourth-order valence-electron chi connectivity index (χ4n) is 2.25. The van der Waals surface area contributed by atoms with Crippen LogP contribution in [-0.4, -0.2) is 19.9 Å². The molecule has 2 rings (SSSR count). The summed E-state index contributed by atoms with van der Waals surface area (Å²) in [6.45, 7) is 0. The molecule has 1 aromatic carbocycles. The number of benzene rings is 1.